The van der Waals surface area contributed by atoms with Crippen LogP contribution in [0.1, 0.15) is 37.3 Å². The van der Waals surface area contributed by atoms with Crippen molar-refractivity contribution in [1.29, 1.82) is 5.26 Å². The van der Waals surface area contributed by atoms with Gasteiger partial charge in [0.25, 0.3) is 0 Å². The molecule has 2 aromatic heterocycles. The van der Waals surface area contributed by atoms with E-state index in [0.717, 1.165) is 43.8 Å². The van der Waals surface area contributed by atoms with Crippen molar-refractivity contribution in [3.05, 3.63) is 66.0 Å². The minimum absolute atomic E-state index is 0.246. The molecule has 0 unspecified atom stereocenters. The topological polar surface area (TPSA) is 73.1 Å². The Balaban J connectivity index is 0.000000185. The SMILES string of the molecule is CCCc1cccc2ncccc12.CN(CCN1CCCC1=O)c1ccc(C#N)cn1. The van der Waals surface area contributed by atoms with Gasteiger partial charge < -0.3 is 9.80 Å². The molecule has 4 rings (SSSR count). The predicted octanol–water partition coefficient (Wildman–Crippen LogP) is 4.20. The summed E-state index contributed by atoms with van der Waals surface area (Å²) in [6.07, 6.45) is 7.39. The van der Waals surface area contributed by atoms with Crippen molar-refractivity contribution in [2.75, 3.05) is 31.6 Å². The van der Waals surface area contributed by atoms with Crippen LogP contribution in [0.15, 0.2) is 54.9 Å². The Labute approximate surface area is 184 Å². The zero-order valence-corrected chi connectivity index (χ0v) is 18.3. The molecule has 6 nitrogen and oxygen atoms in total. The zero-order valence-electron chi connectivity index (χ0n) is 18.3. The second-order valence-corrected chi connectivity index (χ2v) is 7.66. The smallest absolute Gasteiger partial charge is 0.222 e. The summed E-state index contributed by atoms with van der Waals surface area (Å²) in [5, 5.41) is 9.99. The molecule has 1 aliphatic rings. The molecule has 6 heteroatoms. The van der Waals surface area contributed by atoms with Gasteiger partial charge in [-0.1, -0.05) is 31.5 Å². The number of likely N-dealkylation sites (tertiary alicyclic amines) is 1. The van der Waals surface area contributed by atoms with Crippen LogP contribution < -0.4 is 4.90 Å². The van der Waals surface area contributed by atoms with E-state index in [4.69, 9.17) is 5.26 Å². The van der Waals surface area contributed by atoms with Crippen LogP contribution >= 0.6 is 0 Å². The highest BCUT2D eigenvalue weighted by molar-refractivity contribution is 5.81. The van der Waals surface area contributed by atoms with Crippen LogP contribution in [0.5, 0.6) is 0 Å². The molecule has 0 saturated carbocycles. The number of nitriles is 1. The summed E-state index contributed by atoms with van der Waals surface area (Å²) < 4.78 is 0. The summed E-state index contributed by atoms with van der Waals surface area (Å²) in [7, 11) is 1.94. The van der Waals surface area contributed by atoms with Crippen LogP contribution in [0.3, 0.4) is 0 Å². The first-order valence-corrected chi connectivity index (χ1v) is 10.8. The van der Waals surface area contributed by atoms with Gasteiger partial charge in [-0.3, -0.25) is 9.78 Å². The number of carbonyl (C=O) groups is 1. The maximum Gasteiger partial charge on any atom is 0.222 e. The molecular formula is C25H29N5O. The van der Waals surface area contributed by atoms with E-state index in [1.54, 1.807) is 12.3 Å². The standard InChI is InChI=1S/C13H16N4O.C12H13N/c1-16(7-8-17-6-2-3-13(17)18)12-5-4-11(9-14)10-15-12;1-2-5-10-6-3-8-12-11(10)7-4-9-13-12/h4-5,10H,2-3,6-8H2,1H3;3-4,6-9H,2,5H2,1H3. The number of hydrogen-bond acceptors (Lipinski definition) is 5. The number of likely N-dealkylation sites (N-methyl/N-ethyl adjacent to an activating group) is 1. The lowest BCUT2D eigenvalue weighted by molar-refractivity contribution is -0.127. The minimum Gasteiger partial charge on any atom is -0.358 e. The van der Waals surface area contributed by atoms with E-state index in [0.29, 0.717) is 12.0 Å². The number of nitrogens with zero attached hydrogens (tertiary/aromatic N) is 5. The van der Waals surface area contributed by atoms with Gasteiger partial charge in [0, 0.05) is 50.9 Å². The number of hydrogen-bond donors (Lipinski definition) is 0. The van der Waals surface area contributed by atoms with Crippen molar-refractivity contribution in [3.8, 4) is 6.07 Å². The molecule has 0 bridgehead atoms. The molecule has 0 radical (unpaired) electrons. The molecule has 1 aromatic carbocycles. The highest BCUT2D eigenvalue weighted by Gasteiger charge is 2.19. The normalized spacial score (nSPS) is 12.9. The Kier molecular flexibility index (Phi) is 7.94. The number of fused-ring (bicyclic) bond motifs is 1. The lowest BCUT2D eigenvalue weighted by Gasteiger charge is -2.22. The van der Waals surface area contributed by atoms with Gasteiger partial charge in [0.05, 0.1) is 11.1 Å². The van der Waals surface area contributed by atoms with E-state index < -0.39 is 0 Å². The van der Waals surface area contributed by atoms with Gasteiger partial charge in [-0.2, -0.15) is 5.26 Å². The van der Waals surface area contributed by atoms with Gasteiger partial charge >= 0.3 is 0 Å². The number of amides is 1. The first-order chi connectivity index (χ1) is 15.1. The zero-order chi connectivity index (χ0) is 22.1. The van der Waals surface area contributed by atoms with Gasteiger partial charge in [0.1, 0.15) is 11.9 Å². The minimum atomic E-state index is 0.246. The number of aryl methyl sites for hydroxylation is 1. The quantitative estimate of drug-likeness (QED) is 0.603. The third kappa shape index (κ3) is 6.02. The fourth-order valence-corrected chi connectivity index (χ4v) is 3.66. The molecule has 1 amide bonds. The average Bonchev–Trinajstić information content (AvgIpc) is 3.23. The number of pyridine rings is 2. The number of rotatable bonds is 6. The van der Waals surface area contributed by atoms with Crippen LogP contribution in [0.4, 0.5) is 5.82 Å². The molecule has 3 heterocycles. The Morgan fingerprint density at radius 2 is 2.03 bits per heavy atom. The molecule has 1 saturated heterocycles. The van der Waals surface area contributed by atoms with Crippen LogP contribution in [-0.4, -0.2) is 47.5 Å². The maximum absolute atomic E-state index is 11.5. The monoisotopic (exact) mass is 415 g/mol. The Hall–Kier alpha value is -3.46. The second kappa shape index (κ2) is 11.1. The van der Waals surface area contributed by atoms with Crippen molar-refractivity contribution in [2.45, 2.75) is 32.6 Å². The largest absolute Gasteiger partial charge is 0.358 e. The Bertz CT molecular complexity index is 1040. The number of anilines is 1. The fourth-order valence-electron chi connectivity index (χ4n) is 3.66. The summed E-state index contributed by atoms with van der Waals surface area (Å²) in [4.78, 5) is 23.9. The Morgan fingerprint density at radius 3 is 2.71 bits per heavy atom. The third-order valence-electron chi connectivity index (χ3n) is 5.40. The molecule has 1 fully saturated rings. The Morgan fingerprint density at radius 1 is 1.16 bits per heavy atom. The first-order valence-electron chi connectivity index (χ1n) is 10.8. The van der Waals surface area contributed by atoms with E-state index in [-0.39, 0.29) is 5.91 Å². The molecule has 1 aliphatic heterocycles. The lowest BCUT2D eigenvalue weighted by atomic mass is 10.0. The molecule has 0 atom stereocenters. The maximum atomic E-state index is 11.5. The molecule has 0 spiro atoms. The van der Waals surface area contributed by atoms with Gasteiger partial charge in [0.15, 0.2) is 0 Å². The van der Waals surface area contributed by atoms with Crippen molar-refractivity contribution < 1.29 is 4.79 Å². The summed E-state index contributed by atoms with van der Waals surface area (Å²) in [6, 6.07) is 16.1. The van der Waals surface area contributed by atoms with Crippen molar-refractivity contribution in [3.63, 3.8) is 0 Å². The second-order valence-electron chi connectivity index (χ2n) is 7.66. The van der Waals surface area contributed by atoms with E-state index >= 15 is 0 Å². The van der Waals surface area contributed by atoms with Gasteiger partial charge in [-0.05, 0) is 42.7 Å². The van der Waals surface area contributed by atoms with E-state index in [1.165, 1.54) is 17.4 Å². The van der Waals surface area contributed by atoms with Crippen molar-refractivity contribution >= 4 is 22.6 Å². The number of benzene rings is 1. The van der Waals surface area contributed by atoms with Crippen molar-refractivity contribution in [2.24, 2.45) is 0 Å². The van der Waals surface area contributed by atoms with E-state index in [9.17, 15) is 4.79 Å². The average molecular weight is 416 g/mol. The predicted molar refractivity (Wildman–Crippen MR) is 124 cm³/mol. The van der Waals surface area contributed by atoms with Crippen molar-refractivity contribution in [1.82, 2.24) is 14.9 Å². The molecule has 3 aromatic rings. The molecule has 0 N–H and O–H groups in total. The highest BCUT2D eigenvalue weighted by Crippen LogP contribution is 2.17. The molecular weight excluding hydrogens is 386 g/mol. The molecule has 31 heavy (non-hydrogen) atoms. The van der Waals surface area contributed by atoms with Gasteiger partial charge in [0.2, 0.25) is 5.91 Å². The fraction of sp³-hybridized carbons (Fsp3) is 0.360. The van der Waals surface area contributed by atoms with Crippen LogP contribution in [0.2, 0.25) is 0 Å². The van der Waals surface area contributed by atoms with Gasteiger partial charge in [-0.25, -0.2) is 4.98 Å². The van der Waals surface area contributed by atoms with E-state index in [1.807, 2.05) is 41.2 Å². The summed E-state index contributed by atoms with van der Waals surface area (Å²) in [6.45, 7) is 4.56. The van der Waals surface area contributed by atoms with Gasteiger partial charge in [-0.15, -0.1) is 0 Å². The first kappa shape index (κ1) is 22.2. The summed E-state index contributed by atoms with van der Waals surface area (Å²) in [5.41, 5.74) is 3.07. The number of aromatic nitrogens is 2. The molecule has 160 valence electrons. The third-order valence-corrected chi connectivity index (χ3v) is 5.40. The summed E-state index contributed by atoms with van der Waals surface area (Å²) >= 11 is 0. The lowest BCUT2D eigenvalue weighted by Crippen LogP contribution is -2.34. The molecule has 0 aliphatic carbocycles. The van der Waals surface area contributed by atoms with Crippen LogP contribution in [-0.2, 0) is 11.2 Å². The van der Waals surface area contributed by atoms with E-state index in [2.05, 4.69) is 41.2 Å². The van der Waals surface area contributed by atoms with Crippen LogP contribution in [0, 0.1) is 11.3 Å². The highest BCUT2D eigenvalue weighted by atomic mass is 16.2. The van der Waals surface area contributed by atoms with Crippen LogP contribution in [0.25, 0.3) is 10.9 Å². The number of carbonyl (C=O) groups excluding carboxylic acids is 1. The summed E-state index contributed by atoms with van der Waals surface area (Å²) in [5.74, 6) is 1.07.